The van der Waals surface area contributed by atoms with Crippen molar-refractivity contribution in [1.82, 2.24) is 4.90 Å². The molecule has 1 aliphatic rings. The molecule has 0 amide bonds. The molecule has 1 saturated carbocycles. The van der Waals surface area contributed by atoms with Crippen molar-refractivity contribution in [2.75, 3.05) is 13.6 Å². The van der Waals surface area contributed by atoms with Crippen LogP contribution < -0.4 is 5.73 Å². The van der Waals surface area contributed by atoms with Crippen LogP contribution in [0.4, 0.5) is 0 Å². The van der Waals surface area contributed by atoms with Crippen LogP contribution in [0.1, 0.15) is 43.7 Å². The van der Waals surface area contributed by atoms with E-state index < -0.39 is 0 Å². The molecule has 1 aliphatic carbocycles. The molecule has 1 aromatic rings. The zero-order chi connectivity index (χ0) is 13.1. The predicted molar refractivity (Wildman–Crippen MR) is 77.6 cm³/mol. The molecule has 0 bridgehead atoms. The van der Waals surface area contributed by atoms with Crippen molar-refractivity contribution >= 4 is 0 Å². The van der Waals surface area contributed by atoms with Crippen molar-refractivity contribution < 1.29 is 0 Å². The van der Waals surface area contributed by atoms with Crippen LogP contribution in [-0.4, -0.2) is 24.5 Å². The average molecular weight is 246 g/mol. The predicted octanol–water partition coefficient (Wildman–Crippen LogP) is 2.98. The fourth-order valence-electron chi connectivity index (χ4n) is 2.63. The van der Waals surface area contributed by atoms with E-state index in [1.165, 1.54) is 24.0 Å². The van der Waals surface area contributed by atoms with Crippen molar-refractivity contribution in [2.24, 2.45) is 11.7 Å². The fraction of sp³-hybridized carbons (Fsp3) is 0.625. The lowest BCUT2D eigenvalue weighted by molar-refractivity contribution is 0.215. The quantitative estimate of drug-likeness (QED) is 0.836. The minimum absolute atomic E-state index is 0.565. The van der Waals surface area contributed by atoms with Gasteiger partial charge in [0.05, 0.1) is 0 Å². The molecule has 0 heterocycles. The van der Waals surface area contributed by atoms with Crippen LogP contribution in [-0.2, 0) is 6.54 Å². The molecule has 1 aromatic carbocycles. The first kappa shape index (κ1) is 13.6. The molecule has 2 heteroatoms. The first-order chi connectivity index (χ1) is 8.61. The van der Waals surface area contributed by atoms with Gasteiger partial charge in [0, 0.05) is 19.1 Å². The largest absolute Gasteiger partial charge is 0.329 e. The van der Waals surface area contributed by atoms with E-state index in [1.807, 2.05) is 0 Å². The lowest BCUT2D eigenvalue weighted by Crippen LogP contribution is -2.39. The summed E-state index contributed by atoms with van der Waals surface area (Å²) in [6, 6.07) is 9.58. The first-order valence-corrected chi connectivity index (χ1v) is 7.11. The SMILES string of the molecule is CC(C)c1ccc(CN(C)C(CN)C2CC2)cc1. The fourth-order valence-corrected chi connectivity index (χ4v) is 2.63. The highest BCUT2D eigenvalue weighted by Gasteiger charge is 2.32. The second-order valence-corrected chi connectivity index (χ2v) is 5.95. The summed E-state index contributed by atoms with van der Waals surface area (Å²) in [6.07, 6.45) is 2.72. The van der Waals surface area contributed by atoms with Crippen LogP contribution in [0.15, 0.2) is 24.3 Å². The van der Waals surface area contributed by atoms with Gasteiger partial charge in [-0.3, -0.25) is 4.90 Å². The van der Waals surface area contributed by atoms with Gasteiger partial charge in [-0.05, 0) is 42.9 Å². The smallest absolute Gasteiger partial charge is 0.0247 e. The summed E-state index contributed by atoms with van der Waals surface area (Å²) in [7, 11) is 2.20. The molecular formula is C16H26N2. The van der Waals surface area contributed by atoms with Gasteiger partial charge in [-0.25, -0.2) is 0 Å². The second-order valence-electron chi connectivity index (χ2n) is 5.95. The van der Waals surface area contributed by atoms with E-state index in [0.717, 1.165) is 19.0 Å². The van der Waals surface area contributed by atoms with Crippen molar-refractivity contribution in [3.8, 4) is 0 Å². The Kier molecular flexibility index (Phi) is 4.41. The molecule has 0 spiro atoms. The van der Waals surface area contributed by atoms with Gasteiger partial charge in [0.15, 0.2) is 0 Å². The molecule has 1 fully saturated rings. The number of hydrogen-bond acceptors (Lipinski definition) is 2. The lowest BCUT2D eigenvalue weighted by atomic mass is 10.0. The summed E-state index contributed by atoms with van der Waals surface area (Å²) < 4.78 is 0. The number of benzene rings is 1. The van der Waals surface area contributed by atoms with E-state index in [1.54, 1.807) is 0 Å². The summed E-state index contributed by atoms with van der Waals surface area (Å²) in [5, 5.41) is 0. The Labute approximate surface area is 111 Å². The number of nitrogens with two attached hydrogens (primary N) is 1. The molecule has 2 rings (SSSR count). The van der Waals surface area contributed by atoms with E-state index in [0.29, 0.717) is 12.0 Å². The maximum Gasteiger partial charge on any atom is 0.0247 e. The topological polar surface area (TPSA) is 29.3 Å². The highest BCUT2D eigenvalue weighted by molar-refractivity contribution is 5.24. The summed E-state index contributed by atoms with van der Waals surface area (Å²) in [5.41, 5.74) is 8.70. The van der Waals surface area contributed by atoms with Crippen molar-refractivity contribution in [3.05, 3.63) is 35.4 Å². The van der Waals surface area contributed by atoms with Gasteiger partial charge >= 0.3 is 0 Å². The first-order valence-electron chi connectivity index (χ1n) is 7.11. The van der Waals surface area contributed by atoms with Crippen LogP contribution in [0.5, 0.6) is 0 Å². The standard InChI is InChI=1S/C16H26N2/c1-12(2)14-6-4-13(5-7-14)11-18(3)16(10-17)15-8-9-15/h4-7,12,15-16H,8-11,17H2,1-3H3. The Balaban J connectivity index is 1.95. The minimum Gasteiger partial charge on any atom is -0.329 e. The number of likely N-dealkylation sites (N-methyl/N-ethyl adjacent to an activating group) is 1. The number of nitrogens with zero attached hydrogens (tertiary/aromatic N) is 1. The third-order valence-electron chi connectivity index (χ3n) is 4.05. The maximum atomic E-state index is 5.89. The van der Waals surface area contributed by atoms with Crippen LogP contribution in [0.3, 0.4) is 0 Å². The molecular weight excluding hydrogens is 220 g/mol. The van der Waals surface area contributed by atoms with Gasteiger partial charge in [0.2, 0.25) is 0 Å². The normalized spacial score (nSPS) is 17.4. The zero-order valence-corrected chi connectivity index (χ0v) is 11.9. The summed E-state index contributed by atoms with van der Waals surface area (Å²) in [5.74, 6) is 1.45. The Hall–Kier alpha value is -0.860. The van der Waals surface area contributed by atoms with Gasteiger partial charge in [-0.1, -0.05) is 38.1 Å². The minimum atomic E-state index is 0.565. The van der Waals surface area contributed by atoms with Crippen molar-refractivity contribution in [2.45, 2.75) is 45.2 Å². The molecule has 0 radical (unpaired) electrons. The lowest BCUT2D eigenvalue weighted by Gasteiger charge is -2.27. The summed E-state index contributed by atoms with van der Waals surface area (Å²) in [6.45, 7) is 6.26. The van der Waals surface area contributed by atoms with Gasteiger partial charge in [0.25, 0.3) is 0 Å². The molecule has 0 aliphatic heterocycles. The van der Waals surface area contributed by atoms with Gasteiger partial charge in [-0.2, -0.15) is 0 Å². The van der Waals surface area contributed by atoms with Crippen LogP contribution in [0.25, 0.3) is 0 Å². The van der Waals surface area contributed by atoms with E-state index in [-0.39, 0.29) is 0 Å². The zero-order valence-electron chi connectivity index (χ0n) is 11.9. The van der Waals surface area contributed by atoms with Gasteiger partial charge in [0.1, 0.15) is 0 Å². The van der Waals surface area contributed by atoms with E-state index in [9.17, 15) is 0 Å². The third-order valence-corrected chi connectivity index (χ3v) is 4.05. The second kappa shape index (κ2) is 5.85. The van der Waals surface area contributed by atoms with Gasteiger partial charge in [-0.15, -0.1) is 0 Å². The van der Waals surface area contributed by atoms with E-state index >= 15 is 0 Å². The van der Waals surface area contributed by atoms with Crippen LogP contribution in [0, 0.1) is 5.92 Å². The average Bonchev–Trinajstić information content (AvgIpc) is 3.15. The Morgan fingerprint density at radius 1 is 1.22 bits per heavy atom. The van der Waals surface area contributed by atoms with E-state index in [2.05, 4.69) is 50.1 Å². The van der Waals surface area contributed by atoms with Crippen LogP contribution in [0.2, 0.25) is 0 Å². The van der Waals surface area contributed by atoms with Crippen molar-refractivity contribution in [1.29, 1.82) is 0 Å². The molecule has 0 saturated heterocycles. The monoisotopic (exact) mass is 246 g/mol. The summed E-state index contributed by atoms with van der Waals surface area (Å²) in [4.78, 5) is 2.42. The highest BCUT2D eigenvalue weighted by Crippen LogP contribution is 2.34. The molecule has 1 atom stereocenters. The Bertz CT molecular complexity index is 365. The molecule has 18 heavy (non-hydrogen) atoms. The van der Waals surface area contributed by atoms with Gasteiger partial charge < -0.3 is 5.73 Å². The molecule has 1 unspecified atom stereocenters. The Morgan fingerprint density at radius 2 is 1.83 bits per heavy atom. The third kappa shape index (κ3) is 3.33. The molecule has 2 N–H and O–H groups in total. The molecule has 0 aromatic heterocycles. The Morgan fingerprint density at radius 3 is 2.28 bits per heavy atom. The maximum absolute atomic E-state index is 5.89. The van der Waals surface area contributed by atoms with Crippen LogP contribution >= 0.6 is 0 Å². The van der Waals surface area contributed by atoms with Crippen molar-refractivity contribution in [3.63, 3.8) is 0 Å². The van der Waals surface area contributed by atoms with E-state index in [4.69, 9.17) is 5.73 Å². The summed E-state index contributed by atoms with van der Waals surface area (Å²) >= 11 is 0. The molecule has 2 nitrogen and oxygen atoms in total. The number of rotatable bonds is 6. The molecule has 100 valence electrons. The highest BCUT2D eigenvalue weighted by atomic mass is 15.1. The number of hydrogen-bond donors (Lipinski definition) is 1.